The van der Waals surface area contributed by atoms with Crippen LogP contribution in [-0.4, -0.2) is 11.3 Å². The van der Waals surface area contributed by atoms with Crippen molar-refractivity contribution in [3.8, 4) is 17.6 Å². The number of aliphatic hydroxyl groups excluding tert-OH is 1. The highest BCUT2D eigenvalue weighted by Crippen LogP contribution is 2.53. The van der Waals surface area contributed by atoms with Gasteiger partial charge in [0.05, 0.1) is 17.2 Å². The maximum absolute atomic E-state index is 13.8. The molecule has 2 aromatic carbocycles. The lowest BCUT2D eigenvalue weighted by Gasteiger charge is -2.16. The first-order valence-corrected chi connectivity index (χ1v) is 7.20. The van der Waals surface area contributed by atoms with Crippen LogP contribution in [0.5, 0.6) is 11.5 Å². The van der Waals surface area contributed by atoms with Gasteiger partial charge >= 0.3 is 5.92 Å². The molecule has 3 nitrogen and oxygen atoms in total. The lowest BCUT2D eigenvalue weighted by Crippen LogP contribution is -2.24. The maximum Gasteiger partial charge on any atom is 0.307 e. The average molecular weight is 373 g/mol. The lowest BCUT2D eigenvalue weighted by molar-refractivity contribution is -0.104. The molecule has 2 atom stereocenters. The Morgan fingerprint density at radius 1 is 1.19 bits per heavy atom. The number of alkyl halides is 5. The topological polar surface area (TPSA) is 53.2 Å². The first-order chi connectivity index (χ1) is 12.2. The second kappa shape index (κ2) is 6.21. The molecule has 0 fully saturated rings. The van der Waals surface area contributed by atoms with Crippen molar-refractivity contribution in [2.24, 2.45) is 0 Å². The van der Waals surface area contributed by atoms with Gasteiger partial charge in [0.1, 0.15) is 23.4 Å². The van der Waals surface area contributed by atoms with Crippen LogP contribution in [0.4, 0.5) is 26.3 Å². The number of halogens is 6. The third-order valence-electron chi connectivity index (χ3n) is 3.97. The number of hydrogen-bond donors (Lipinski definition) is 1. The predicted octanol–water partition coefficient (Wildman–Crippen LogP) is 4.90. The molecule has 2 unspecified atom stereocenters. The number of rotatable bonds is 3. The van der Waals surface area contributed by atoms with Crippen molar-refractivity contribution in [3.63, 3.8) is 0 Å². The number of nitriles is 1. The summed E-state index contributed by atoms with van der Waals surface area (Å²) in [5.41, 5.74) is -3.28. The third kappa shape index (κ3) is 2.76. The van der Waals surface area contributed by atoms with Crippen LogP contribution in [0.3, 0.4) is 0 Å². The number of hydrogen-bond acceptors (Lipinski definition) is 3. The highest BCUT2D eigenvalue weighted by atomic mass is 19.3. The summed E-state index contributed by atoms with van der Waals surface area (Å²) >= 11 is 0. The van der Waals surface area contributed by atoms with Crippen LogP contribution in [-0.2, 0) is 5.92 Å². The van der Waals surface area contributed by atoms with Crippen LogP contribution in [0.25, 0.3) is 0 Å². The second-order valence-corrected chi connectivity index (χ2v) is 5.60. The summed E-state index contributed by atoms with van der Waals surface area (Å²) in [6, 6.07) is 5.79. The fraction of sp³-hybridized carbons (Fsp3) is 0.235. The molecule has 3 rings (SSSR count). The van der Waals surface area contributed by atoms with Gasteiger partial charge in [-0.15, -0.1) is 0 Å². The molecular weight excluding hydrogens is 364 g/mol. The summed E-state index contributed by atoms with van der Waals surface area (Å²) in [6.45, 7) is 0. The zero-order chi connectivity index (χ0) is 19.2. The molecule has 0 radical (unpaired) electrons. The quantitative estimate of drug-likeness (QED) is 0.779. The van der Waals surface area contributed by atoms with Gasteiger partial charge in [0, 0.05) is 17.2 Å². The first kappa shape index (κ1) is 18.1. The molecule has 0 amide bonds. The van der Waals surface area contributed by atoms with Crippen molar-refractivity contribution in [2.45, 2.75) is 24.6 Å². The van der Waals surface area contributed by atoms with Crippen molar-refractivity contribution in [1.82, 2.24) is 0 Å². The van der Waals surface area contributed by atoms with Crippen LogP contribution >= 0.6 is 0 Å². The Morgan fingerprint density at radius 2 is 1.88 bits per heavy atom. The van der Waals surface area contributed by atoms with Crippen LogP contribution in [0, 0.1) is 17.1 Å². The minimum atomic E-state index is -4.14. The molecule has 0 saturated heterocycles. The van der Waals surface area contributed by atoms with E-state index in [0.717, 1.165) is 24.3 Å². The smallest absolute Gasteiger partial charge is 0.307 e. The number of benzene rings is 2. The summed E-state index contributed by atoms with van der Waals surface area (Å²) < 4.78 is 86.8. The van der Waals surface area contributed by atoms with E-state index in [9.17, 15) is 31.4 Å². The molecule has 0 spiro atoms. The van der Waals surface area contributed by atoms with Gasteiger partial charge in [0.2, 0.25) is 0 Å². The van der Waals surface area contributed by atoms with Gasteiger partial charge in [0.25, 0.3) is 6.43 Å². The second-order valence-electron chi connectivity index (χ2n) is 5.60. The summed E-state index contributed by atoms with van der Waals surface area (Å²) in [6.07, 6.45) is -8.92. The van der Waals surface area contributed by atoms with E-state index >= 15 is 0 Å². The van der Waals surface area contributed by atoms with Crippen molar-refractivity contribution in [2.75, 3.05) is 0 Å². The highest BCUT2D eigenvalue weighted by molar-refractivity contribution is 5.54. The molecule has 0 saturated carbocycles. The minimum absolute atomic E-state index is 0.157. The standard InChI is InChI=1S/C17H9F6NO2/c18-8-3-7(6-24)4-9(5-8)26-11-2-1-10-12(13(11)16(20)21)14(25)15(19)17(10,22)23/h1-5,14-16,25H. The summed E-state index contributed by atoms with van der Waals surface area (Å²) in [5.74, 6) is -6.00. The Kier molecular flexibility index (Phi) is 4.32. The van der Waals surface area contributed by atoms with E-state index in [1.165, 1.54) is 0 Å². The van der Waals surface area contributed by atoms with Gasteiger partial charge in [-0.05, 0) is 24.3 Å². The molecular formula is C17H9F6NO2. The molecule has 0 aliphatic heterocycles. The molecule has 2 aromatic rings. The van der Waals surface area contributed by atoms with E-state index in [0.29, 0.717) is 6.07 Å². The van der Waals surface area contributed by atoms with Gasteiger partial charge in [-0.25, -0.2) is 17.6 Å². The Bertz CT molecular complexity index is 909. The van der Waals surface area contributed by atoms with E-state index in [4.69, 9.17) is 10.00 Å². The Balaban J connectivity index is 2.14. The normalized spacial score (nSPS) is 20.7. The summed E-state index contributed by atoms with van der Waals surface area (Å²) in [5, 5.41) is 18.5. The molecule has 0 aromatic heterocycles. The number of aliphatic hydroxyl groups is 1. The largest absolute Gasteiger partial charge is 0.457 e. The van der Waals surface area contributed by atoms with Crippen molar-refractivity contribution in [3.05, 3.63) is 58.4 Å². The molecule has 0 heterocycles. The van der Waals surface area contributed by atoms with Crippen molar-refractivity contribution < 1.29 is 36.2 Å². The van der Waals surface area contributed by atoms with Crippen LogP contribution < -0.4 is 4.74 Å². The summed E-state index contributed by atoms with van der Waals surface area (Å²) in [7, 11) is 0. The Hall–Kier alpha value is -2.73. The zero-order valence-corrected chi connectivity index (χ0v) is 12.7. The van der Waals surface area contributed by atoms with Gasteiger partial charge in [0.15, 0.2) is 6.17 Å². The van der Waals surface area contributed by atoms with E-state index in [2.05, 4.69) is 0 Å². The number of fused-ring (bicyclic) bond motifs is 1. The first-order valence-electron chi connectivity index (χ1n) is 7.20. The fourth-order valence-electron chi connectivity index (χ4n) is 2.85. The molecule has 1 aliphatic carbocycles. The van der Waals surface area contributed by atoms with Crippen LogP contribution in [0.1, 0.15) is 34.8 Å². The Labute approximate surface area is 143 Å². The predicted molar refractivity (Wildman–Crippen MR) is 76.3 cm³/mol. The zero-order valence-electron chi connectivity index (χ0n) is 12.7. The summed E-state index contributed by atoms with van der Waals surface area (Å²) in [4.78, 5) is 0. The third-order valence-corrected chi connectivity index (χ3v) is 3.97. The van der Waals surface area contributed by atoms with E-state index in [-0.39, 0.29) is 11.3 Å². The van der Waals surface area contributed by atoms with Gasteiger partial charge < -0.3 is 9.84 Å². The number of ether oxygens (including phenoxy) is 1. The van der Waals surface area contributed by atoms with Crippen molar-refractivity contribution >= 4 is 0 Å². The lowest BCUT2D eigenvalue weighted by atomic mass is 10.0. The Morgan fingerprint density at radius 3 is 2.50 bits per heavy atom. The molecule has 9 heteroatoms. The van der Waals surface area contributed by atoms with E-state index in [1.807, 2.05) is 0 Å². The molecule has 136 valence electrons. The highest BCUT2D eigenvalue weighted by Gasteiger charge is 2.56. The molecule has 26 heavy (non-hydrogen) atoms. The molecule has 1 aliphatic rings. The van der Waals surface area contributed by atoms with Crippen LogP contribution in [0.2, 0.25) is 0 Å². The fourth-order valence-corrected chi connectivity index (χ4v) is 2.85. The van der Waals surface area contributed by atoms with E-state index < -0.39 is 52.9 Å². The number of nitrogens with zero attached hydrogens (tertiary/aromatic N) is 1. The maximum atomic E-state index is 13.8. The molecule has 1 N–H and O–H groups in total. The van der Waals surface area contributed by atoms with Crippen molar-refractivity contribution in [1.29, 1.82) is 5.26 Å². The average Bonchev–Trinajstić information content (AvgIpc) is 2.74. The monoisotopic (exact) mass is 373 g/mol. The van der Waals surface area contributed by atoms with Gasteiger partial charge in [-0.1, -0.05) is 0 Å². The SMILES string of the molecule is N#Cc1cc(F)cc(Oc2ccc3c(c2C(F)F)C(O)C(F)C3(F)F)c1. The molecule has 0 bridgehead atoms. The van der Waals surface area contributed by atoms with Gasteiger partial charge in [-0.2, -0.15) is 14.0 Å². The van der Waals surface area contributed by atoms with Gasteiger partial charge in [-0.3, -0.25) is 0 Å². The minimum Gasteiger partial charge on any atom is -0.457 e. The van der Waals surface area contributed by atoms with Crippen LogP contribution in [0.15, 0.2) is 30.3 Å². The van der Waals surface area contributed by atoms with E-state index in [1.54, 1.807) is 6.07 Å².